The lowest BCUT2D eigenvalue weighted by atomic mass is 10.0. The smallest absolute Gasteiger partial charge is 0.257 e. The van der Waals surface area contributed by atoms with Crippen molar-refractivity contribution in [2.45, 2.75) is 26.4 Å². The Balaban J connectivity index is 1.69. The van der Waals surface area contributed by atoms with E-state index in [0.717, 1.165) is 34.6 Å². The SMILES string of the molecule is Cc1cc(C2Nc3ccccc3C(=O)N2CCc2ccccc2)c(C)[nH]1. The highest BCUT2D eigenvalue weighted by molar-refractivity contribution is 6.01. The van der Waals surface area contributed by atoms with Crippen molar-refractivity contribution in [2.75, 3.05) is 11.9 Å². The molecule has 2 N–H and O–H groups in total. The second-order valence-corrected chi connectivity index (χ2v) is 6.86. The molecule has 4 rings (SSSR count). The Bertz CT molecular complexity index is 930. The van der Waals surface area contributed by atoms with Crippen molar-refractivity contribution in [1.82, 2.24) is 9.88 Å². The van der Waals surface area contributed by atoms with Crippen molar-refractivity contribution in [2.24, 2.45) is 0 Å². The number of aryl methyl sites for hydroxylation is 2. The molecular weight excluding hydrogens is 322 g/mol. The lowest BCUT2D eigenvalue weighted by Gasteiger charge is -2.38. The molecule has 0 saturated heterocycles. The van der Waals surface area contributed by atoms with E-state index >= 15 is 0 Å². The van der Waals surface area contributed by atoms with Crippen LogP contribution in [0.15, 0.2) is 60.7 Å². The van der Waals surface area contributed by atoms with Crippen LogP contribution in [-0.4, -0.2) is 22.3 Å². The summed E-state index contributed by atoms with van der Waals surface area (Å²) in [4.78, 5) is 18.5. The zero-order chi connectivity index (χ0) is 18.1. The van der Waals surface area contributed by atoms with Gasteiger partial charge >= 0.3 is 0 Å². The third-order valence-electron chi connectivity index (χ3n) is 4.99. The summed E-state index contributed by atoms with van der Waals surface area (Å²) in [5.74, 6) is 0.0820. The van der Waals surface area contributed by atoms with Crippen LogP contribution < -0.4 is 5.32 Å². The van der Waals surface area contributed by atoms with Crippen molar-refractivity contribution in [3.8, 4) is 0 Å². The zero-order valence-corrected chi connectivity index (χ0v) is 15.1. The molecule has 1 atom stereocenters. The summed E-state index contributed by atoms with van der Waals surface area (Å²) >= 11 is 0. The van der Waals surface area contributed by atoms with Gasteiger partial charge in [-0.05, 0) is 44.0 Å². The van der Waals surface area contributed by atoms with Crippen LogP contribution in [0.3, 0.4) is 0 Å². The summed E-state index contributed by atoms with van der Waals surface area (Å²) < 4.78 is 0. The van der Waals surface area contributed by atoms with Gasteiger partial charge in [0, 0.05) is 29.2 Å². The maximum atomic E-state index is 13.2. The van der Waals surface area contributed by atoms with Crippen LogP contribution >= 0.6 is 0 Å². The number of para-hydroxylation sites is 1. The summed E-state index contributed by atoms with van der Waals surface area (Å²) in [5.41, 5.74) is 6.20. The highest BCUT2D eigenvalue weighted by atomic mass is 16.2. The predicted molar refractivity (Wildman–Crippen MR) is 104 cm³/mol. The monoisotopic (exact) mass is 345 g/mol. The Morgan fingerprint density at radius 2 is 1.73 bits per heavy atom. The Morgan fingerprint density at radius 3 is 2.46 bits per heavy atom. The van der Waals surface area contributed by atoms with Crippen molar-refractivity contribution >= 4 is 11.6 Å². The lowest BCUT2D eigenvalue weighted by Crippen LogP contribution is -2.44. The van der Waals surface area contributed by atoms with Gasteiger partial charge in [-0.15, -0.1) is 0 Å². The van der Waals surface area contributed by atoms with Crippen LogP contribution in [0.25, 0.3) is 0 Å². The van der Waals surface area contributed by atoms with E-state index in [0.29, 0.717) is 6.54 Å². The van der Waals surface area contributed by atoms with Crippen molar-refractivity contribution in [3.63, 3.8) is 0 Å². The first-order chi connectivity index (χ1) is 12.6. The minimum atomic E-state index is -0.161. The molecule has 0 bridgehead atoms. The summed E-state index contributed by atoms with van der Waals surface area (Å²) in [7, 11) is 0. The minimum absolute atomic E-state index is 0.0820. The molecule has 2 heterocycles. The van der Waals surface area contributed by atoms with E-state index < -0.39 is 0 Å². The molecule has 4 nitrogen and oxygen atoms in total. The van der Waals surface area contributed by atoms with Crippen LogP contribution in [-0.2, 0) is 6.42 Å². The van der Waals surface area contributed by atoms with E-state index in [9.17, 15) is 4.79 Å². The maximum Gasteiger partial charge on any atom is 0.257 e. The lowest BCUT2D eigenvalue weighted by molar-refractivity contribution is 0.0685. The summed E-state index contributed by atoms with van der Waals surface area (Å²) in [6, 6.07) is 20.2. The van der Waals surface area contributed by atoms with Gasteiger partial charge in [0.1, 0.15) is 6.17 Å². The third-order valence-corrected chi connectivity index (χ3v) is 4.99. The average molecular weight is 345 g/mol. The number of hydrogen-bond acceptors (Lipinski definition) is 2. The number of hydrogen-bond donors (Lipinski definition) is 2. The number of anilines is 1. The first-order valence-corrected chi connectivity index (χ1v) is 9.00. The number of H-pyrrole nitrogens is 1. The van der Waals surface area contributed by atoms with Crippen molar-refractivity contribution < 1.29 is 4.79 Å². The zero-order valence-electron chi connectivity index (χ0n) is 15.1. The standard InChI is InChI=1S/C22H23N3O/c1-15-14-19(16(2)23-15)21-24-20-11-7-6-10-18(20)22(26)25(21)13-12-17-8-4-3-5-9-17/h3-11,14,21,23-24H,12-13H2,1-2H3. The van der Waals surface area contributed by atoms with Gasteiger partial charge in [0.05, 0.1) is 5.56 Å². The van der Waals surface area contributed by atoms with E-state index in [4.69, 9.17) is 0 Å². The molecule has 1 aliphatic heterocycles. The molecule has 26 heavy (non-hydrogen) atoms. The molecule has 0 saturated carbocycles. The van der Waals surface area contributed by atoms with Gasteiger partial charge in [-0.25, -0.2) is 0 Å². The van der Waals surface area contributed by atoms with Gasteiger partial charge in [0.15, 0.2) is 0 Å². The molecule has 0 radical (unpaired) electrons. The number of aromatic amines is 1. The molecule has 1 unspecified atom stereocenters. The number of carbonyl (C=O) groups excluding carboxylic acids is 1. The maximum absolute atomic E-state index is 13.2. The van der Waals surface area contributed by atoms with Crippen LogP contribution in [0, 0.1) is 13.8 Å². The fourth-order valence-electron chi connectivity index (χ4n) is 3.69. The second kappa shape index (κ2) is 6.71. The normalized spacial score (nSPS) is 16.3. The average Bonchev–Trinajstić information content (AvgIpc) is 3.00. The largest absolute Gasteiger partial charge is 0.362 e. The van der Waals surface area contributed by atoms with E-state index in [-0.39, 0.29) is 12.1 Å². The molecule has 2 aromatic carbocycles. The number of benzene rings is 2. The number of nitrogens with one attached hydrogen (secondary N) is 2. The Hall–Kier alpha value is -3.01. The second-order valence-electron chi connectivity index (χ2n) is 6.86. The topological polar surface area (TPSA) is 48.1 Å². The van der Waals surface area contributed by atoms with E-state index in [2.05, 4.69) is 35.4 Å². The molecule has 0 spiro atoms. The van der Waals surface area contributed by atoms with Crippen molar-refractivity contribution in [3.05, 3.63) is 88.7 Å². The molecule has 0 aliphatic carbocycles. The van der Waals surface area contributed by atoms with E-state index in [1.807, 2.05) is 54.3 Å². The molecule has 1 aliphatic rings. The minimum Gasteiger partial charge on any atom is -0.362 e. The van der Waals surface area contributed by atoms with Crippen LogP contribution in [0.1, 0.15) is 39.0 Å². The number of fused-ring (bicyclic) bond motifs is 1. The quantitative estimate of drug-likeness (QED) is 0.734. The van der Waals surface area contributed by atoms with Crippen LogP contribution in [0.2, 0.25) is 0 Å². The van der Waals surface area contributed by atoms with Crippen LogP contribution in [0.5, 0.6) is 0 Å². The van der Waals surface area contributed by atoms with Gasteiger partial charge in [-0.3, -0.25) is 4.79 Å². The third kappa shape index (κ3) is 2.99. The Morgan fingerprint density at radius 1 is 1.00 bits per heavy atom. The predicted octanol–water partition coefficient (Wildman–Crippen LogP) is 4.44. The molecule has 4 heteroatoms. The summed E-state index contributed by atoms with van der Waals surface area (Å²) in [6.07, 6.45) is 0.668. The van der Waals surface area contributed by atoms with E-state index in [1.54, 1.807) is 0 Å². The highest BCUT2D eigenvalue weighted by Gasteiger charge is 2.33. The molecular formula is C22H23N3O. The van der Waals surface area contributed by atoms with Gasteiger partial charge in [0.2, 0.25) is 0 Å². The Labute approximate surface area is 153 Å². The summed E-state index contributed by atoms with van der Waals surface area (Å²) in [5, 5.41) is 3.57. The fraction of sp³-hybridized carbons (Fsp3) is 0.227. The molecule has 132 valence electrons. The number of amides is 1. The number of rotatable bonds is 4. The molecule has 1 aromatic heterocycles. The van der Waals surface area contributed by atoms with Gasteiger partial charge in [-0.2, -0.15) is 0 Å². The van der Waals surface area contributed by atoms with Gasteiger partial charge in [0.25, 0.3) is 5.91 Å². The highest BCUT2D eigenvalue weighted by Crippen LogP contribution is 2.34. The molecule has 1 amide bonds. The first kappa shape index (κ1) is 16.5. The number of carbonyl (C=O) groups is 1. The fourth-order valence-corrected chi connectivity index (χ4v) is 3.69. The van der Waals surface area contributed by atoms with Crippen LogP contribution in [0.4, 0.5) is 5.69 Å². The van der Waals surface area contributed by atoms with Crippen molar-refractivity contribution in [1.29, 1.82) is 0 Å². The Kier molecular flexibility index (Phi) is 4.25. The van der Waals surface area contributed by atoms with Gasteiger partial charge in [-0.1, -0.05) is 42.5 Å². The molecule has 3 aromatic rings. The number of aromatic nitrogens is 1. The number of nitrogens with zero attached hydrogens (tertiary/aromatic N) is 1. The van der Waals surface area contributed by atoms with E-state index in [1.165, 1.54) is 5.56 Å². The summed E-state index contributed by atoms with van der Waals surface area (Å²) in [6.45, 7) is 4.77. The van der Waals surface area contributed by atoms with Gasteiger partial charge < -0.3 is 15.2 Å². The first-order valence-electron chi connectivity index (χ1n) is 9.00. The molecule has 0 fully saturated rings.